The van der Waals surface area contributed by atoms with Gasteiger partial charge in [0.05, 0.1) is 0 Å². The number of aromatic nitrogens is 1. The normalized spacial score (nSPS) is 16.0. The van der Waals surface area contributed by atoms with Crippen LogP contribution in [0, 0.1) is 12.7 Å². The number of hydrogen-bond acceptors (Lipinski definition) is 4. The number of likely N-dealkylation sites (tertiary alicyclic amines) is 1. The molecule has 6 heteroatoms. The van der Waals surface area contributed by atoms with E-state index in [4.69, 9.17) is 9.26 Å². The Bertz CT molecular complexity index is 769. The number of piperidine rings is 1. The minimum absolute atomic E-state index is 0.218. The van der Waals surface area contributed by atoms with Crippen molar-refractivity contribution in [1.29, 1.82) is 0 Å². The van der Waals surface area contributed by atoms with E-state index in [2.05, 4.69) is 5.16 Å². The van der Waals surface area contributed by atoms with Gasteiger partial charge in [0.25, 0.3) is 0 Å². The van der Waals surface area contributed by atoms with Crippen LogP contribution in [0.1, 0.15) is 50.9 Å². The smallest absolute Gasteiger partial charge is 0.410 e. The Labute approximate surface area is 153 Å². The van der Waals surface area contributed by atoms with Crippen molar-refractivity contribution in [2.24, 2.45) is 0 Å². The summed E-state index contributed by atoms with van der Waals surface area (Å²) in [6.07, 6.45) is 1.34. The van der Waals surface area contributed by atoms with Gasteiger partial charge < -0.3 is 14.2 Å². The van der Waals surface area contributed by atoms with Gasteiger partial charge in [0.1, 0.15) is 22.9 Å². The molecule has 1 fully saturated rings. The van der Waals surface area contributed by atoms with Crippen LogP contribution in [-0.4, -0.2) is 34.8 Å². The van der Waals surface area contributed by atoms with E-state index in [0.29, 0.717) is 13.1 Å². The molecule has 0 atom stereocenters. The average molecular weight is 360 g/mol. The summed E-state index contributed by atoms with van der Waals surface area (Å²) in [5.41, 5.74) is 2.08. The Morgan fingerprint density at radius 1 is 1.23 bits per heavy atom. The maximum atomic E-state index is 13.1. The van der Waals surface area contributed by atoms with Gasteiger partial charge in [-0.2, -0.15) is 0 Å². The highest BCUT2D eigenvalue weighted by Crippen LogP contribution is 2.35. The zero-order chi connectivity index (χ0) is 18.9. The first-order valence-corrected chi connectivity index (χ1v) is 8.94. The highest BCUT2D eigenvalue weighted by atomic mass is 19.1. The van der Waals surface area contributed by atoms with Gasteiger partial charge in [-0.3, -0.25) is 0 Å². The Kier molecular flexibility index (Phi) is 5.03. The highest BCUT2D eigenvalue weighted by Gasteiger charge is 2.30. The molecular weight excluding hydrogens is 335 g/mol. The first-order chi connectivity index (χ1) is 12.2. The number of ether oxygens (including phenoxy) is 1. The highest BCUT2D eigenvalue weighted by molar-refractivity contribution is 5.68. The van der Waals surface area contributed by atoms with E-state index in [1.54, 1.807) is 17.0 Å². The van der Waals surface area contributed by atoms with Crippen molar-refractivity contribution in [3.05, 3.63) is 41.4 Å². The first-order valence-electron chi connectivity index (χ1n) is 8.94. The molecule has 1 aliphatic heterocycles. The number of hydrogen-bond donors (Lipinski definition) is 0. The molecule has 2 heterocycles. The minimum Gasteiger partial charge on any atom is -0.444 e. The molecule has 1 saturated heterocycles. The van der Waals surface area contributed by atoms with Crippen LogP contribution in [0.2, 0.25) is 0 Å². The Morgan fingerprint density at radius 2 is 1.85 bits per heavy atom. The lowest BCUT2D eigenvalue weighted by Gasteiger charge is -2.32. The molecule has 0 radical (unpaired) electrons. The van der Waals surface area contributed by atoms with Crippen molar-refractivity contribution < 1.29 is 18.4 Å². The van der Waals surface area contributed by atoms with Crippen LogP contribution in [0.5, 0.6) is 0 Å². The number of nitrogens with zero attached hydrogens (tertiary/aromatic N) is 2. The van der Waals surface area contributed by atoms with Crippen LogP contribution in [0.15, 0.2) is 28.8 Å². The zero-order valence-electron chi connectivity index (χ0n) is 15.7. The van der Waals surface area contributed by atoms with Gasteiger partial charge in [0.15, 0.2) is 0 Å². The van der Waals surface area contributed by atoms with E-state index in [1.807, 2.05) is 27.7 Å². The fourth-order valence-corrected chi connectivity index (χ4v) is 3.26. The SMILES string of the molecule is Cc1c(-c2ccc(F)cc2)noc1C1CCN(C(=O)OC(C)(C)C)CC1. The summed E-state index contributed by atoms with van der Waals surface area (Å²) in [6, 6.07) is 6.25. The lowest BCUT2D eigenvalue weighted by atomic mass is 9.91. The standard InChI is InChI=1S/C20H25FN2O3/c1-13-17(14-5-7-16(21)8-6-14)22-26-18(13)15-9-11-23(12-10-15)19(24)25-20(2,3)4/h5-8,15H,9-12H2,1-4H3. The lowest BCUT2D eigenvalue weighted by Crippen LogP contribution is -2.41. The van der Waals surface area contributed by atoms with Crippen molar-refractivity contribution in [2.45, 2.75) is 52.1 Å². The second kappa shape index (κ2) is 7.09. The van der Waals surface area contributed by atoms with Crippen molar-refractivity contribution in [2.75, 3.05) is 13.1 Å². The third-order valence-corrected chi connectivity index (χ3v) is 4.60. The molecule has 0 N–H and O–H groups in total. The molecule has 3 rings (SSSR count). The Balaban J connectivity index is 1.67. The van der Waals surface area contributed by atoms with Crippen LogP contribution in [0.25, 0.3) is 11.3 Å². The lowest BCUT2D eigenvalue weighted by molar-refractivity contribution is 0.0199. The molecule has 5 nitrogen and oxygen atoms in total. The molecule has 1 aromatic heterocycles. The Morgan fingerprint density at radius 3 is 2.42 bits per heavy atom. The monoisotopic (exact) mass is 360 g/mol. The van der Waals surface area contributed by atoms with E-state index in [1.165, 1.54) is 12.1 Å². The van der Waals surface area contributed by atoms with Gasteiger partial charge in [-0.15, -0.1) is 0 Å². The molecular formula is C20H25FN2O3. The van der Waals surface area contributed by atoms with E-state index in [-0.39, 0.29) is 17.8 Å². The van der Waals surface area contributed by atoms with E-state index < -0.39 is 5.60 Å². The predicted octanol–water partition coefficient (Wildman–Crippen LogP) is 4.90. The van der Waals surface area contributed by atoms with Gasteiger partial charge in [-0.05, 0) is 64.8 Å². The third kappa shape index (κ3) is 4.06. The zero-order valence-corrected chi connectivity index (χ0v) is 15.7. The van der Waals surface area contributed by atoms with Crippen molar-refractivity contribution >= 4 is 6.09 Å². The number of rotatable bonds is 2. The first kappa shape index (κ1) is 18.4. The van der Waals surface area contributed by atoms with Crippen LogP contribution in [-0.2, 0) is 4.74 Å². The number of amides is 1. The minimum atomic E-state index is -0.487. The fourth-order valence-electron chi connectivity index (χ4n) is 3.26. The third-order valence-electron chi connectivity index (χ3n) is 4.60. The van der Waals surface area contributed by atoms with Crippen molar-refractivity contribution in [3.63, 3.8) is 0 Å². The molecule has 140 valence electrons. The molecule has 0 saturated carbocycles. The quantitative estimate of drug-likeness (QED) is 0.764. The molecule has 26 heavy (non-hydrogen) atoms. The topological polar surface area (TPSA) is 55.6 Å². The van der Waals surface area contributed by atoms with E-state index in [9.17, 15) is 9.18 Å². The van der Waals surface area contributed by atoms with Crippen LogP contribution >= 0.6 is 0 Å². The van der Waals surface area contributed by atoms with Gasteiger partial charge in [-0.25, -0.2) is 9.18 Å². The maximum Gasteiger partial charge on any atom is 0.410 e. The summed E-state index contributed by atoms with van der Waals surface area (Å²) in [7, 11) is 0. The molecule has 1 aromatic carbocycles. The average Bonchev–Trinajstić information content (AvgIpc) is 2.96. The summed E-state index contributed by atoms with van der Waals surface area (Å²) >= 11 is 0. The number of carbonyl (C=O) groups excluding carboxylic acids is 1. The Hall–Kier alpha value is -2.37. The molecule has 1 amide bonds. The molecule has 0 bridgehead atoms. The van der Waals surface area contributed by atoms with E-state index >= 15 is 0 Å². The summed E-state index contributed by atoms with van der Waals surface area (Å²) in [5.74, 6) is 0.799. The molecule has 1 aliphatic rings. The molecule has 0 aliphatic carbocycles. The van der Waals surface area contributed by atoms with E-state index in [0.717, 1.165) is 35.4 Å². The molecule has 0 unspecified atom stereocenters. The van der Waals surface area contributed by atoms with Gasteiger partial charge in [0.2, 0.25) is 0 Å². The summed E-state index contributed by atoms with van der Waals surface area (Å²) in [5, 5.41) is 4.19. The van der Waals surface area contributed by atoms with Gasteiger partial charge >= 0.3 is 6.09 Å². The summed E-state index contributed by atoms with van der Waals surface area (Å²) < 4.78 is 24.2. The molecule has 0 spiro atoms. The molecule has 2 aromatic rings. The van der Waals surface area contributed by atoms with Gasteiger partial charge in [-0.1, -0.05) is 5.16 Å². The largest absolute Gasteiger partial charge is 0.444 e. The second-order valence-corrected chi connectivity index (χ2v) is 7.77. The maximum absolute atomic E-state index is 13.1. The number of halogens is 1. The number of benzene rings is 1. The number of carbonyl (C=O) groups is 1. The van der Waals surface area contributed by atoms with Crippen molar-refractivity contribution in [1.82, 2.24) is 10.1 Å². The summed E-state index contributed by atoms with van der Waals surface area (Å²) in [6.45, 7) is 8.84. The predicted molar refractivity (Wildman–Crippen MR) is 96.4 cm³/mol. The fraction of sp³-hybridized carbons (Fsp3) is 0.500. The van der Waals surface area contributed by atoms with Crippen LogP contribution < -0.4 is 0 Å². The van der Waals surface area contributed by atoms with Crippen LogP contribution in [0.3, 0.4) is 0 Å². The summed E-state index contributed by atoms with van der Waals surface area (Å²) in [4.78, 5) is 13.9. The van der Waals surface area contributed by atoms with Crippen molar-refractivity contribution in [3.8, 4) is 11.3 Å². The van der Waals surface area contributed by atoms with Gasteiger partial charge in [0, 0.05) is 30.1 Å². The second-order valence-electron chi connectivity index (χ2n) is 7.77. The van der Waals surface area contributed by atoms with Crippen LogP contribution in [0.4, 0.5) is 9.18 Å².